The van der Waals surface area contributed by atoms with Gasteiger partial charge in [-0.15, -0.1) is 0 Å². The average Bonchev–Trinajstić information content (AvgIpc) is 3.02. The molecule has 0 aromatic carbocycles. The van der Waals surface area contributed by atoms with E-state index in [1.165, 1.54) is 0 Å². The van der Waals surface area contributed by atoms with E-state index in [0.29, 0.717) is 37.4 Å². The van der Waals surface area contributed by atoms with Crippen LogP contribution in [0.3, 0.4) is 0 Å². The maximum Gasteiger partial charge on any atom is 0.306 e. The van der Waals surface area contributed by atoms with E-state index in [9.17, 15) is 9.90 Å². The quantitative estimate of drug-likeness (QED) is 0.809. The van der Waals surface area contributed by atoms with Crippen molar-refractivity contribution in [2.75, 3.05) is 0 Å². The van der Waals surface area contributed by atoms with Crippen molar-refractivity contribution >= 4 is 5.97 Å². The Labute approximate surface area is 152 Å². The second-order valence-electron chi connectivity index (χ2n) is 6.63. The maximum absolute atomic E-state index is 11.2. The van der Waals surface area contributed by atoms with Crippen molar-refractivity contribution in [1.82, 2.24) is 19.7 Å². The van der Waals surface area contributed by atoms with Crippen LogP contribution < -0.4 is 10.5 Å². The SMILES string of the molecule is CCc1nc(-c2cnn(C)c2CN)ncc1O[C@H]1CCC[C@H](C(=O)O)C1. The fourth-order valence-corrected chi connectivity index (χ4v) is 3.44. The van der Waals surface area contributed by atoms with Gasteiger partial charge >= 0.3 is 5.97 Å². The summed E-state index contributed by atoms with van der Waals surface area (Å²) in [5.74, 6) is 0.133. The molecule has 2 aromatic rings. The Balaban J connectivity index is 1.82. The molecule has 1 fully saturated rings. The molecule has 3 N–H and O–H groups in total. The third-order valence-corrected chi connectivity index (χ3v) is 4.93. The van der Waals surface area contributed by atoms with E-state index < -0.39 is 5.97 Å². The number of nitrogens with two attached hydrogens (primary N) is 1. The monoisotopic (exact) mass is 359 g/mol. The highest BCUT2D eigenvalue weighted by Gasteiger charge is 2.28. The summed E-state index contributed by atoms with van der Waals surface area (Å²) in [7, 11) is 1.84. The minimum atomic E-state index is -0.744. The van der Waals surface area contributed by atoms with Crippen molar-refractivity contribution in [3.63, 3.8) is 0 Å². The van der Waals surface area contributed by atoms with Crippen molar-refractivity contribution in [1.29, 1.82) is 0 Å². The number of carbonyl (C=O) groups is 1. The number of carboxylic acid groups (broad SMARTS) is 1. The Bertz CT molecular complexity index is 789. The van der Waals surface area contributed by atoms with E-state index in [4.69, 9.17) is 10.5 Å². The van der Waals surface area contributed by atoms with Gasteiger partial charge in [0.2, 0.25) is 0 Å². The molecule has 140 valence electrons. The molecular weight excluding hydrogens is 334 g/mol. The first kappa shape index (κ1) is 18.3. The Hall–Kier alpha value is -2.48. The molecule has 0 radical (unpaired) electrons. The number of hydrogen-bond acceptors (Lipinski definition) is 6. The molecule has 0 bridgehead atoms. The van der Waals surface area contributed by atoms with Gasteiger partial charge in [0.15, 0.2) is 11.6 Å². The lowest BCUT2D eigenvalue weighted by molar-refractivity contribution is -0.143. The molecule has 8 nitrogen and oxygen atoms in total. The third-order valence-electron chi connectivity index (χ3n) is 4.93. The Morgan fingerprint density at radius 3 is 2.92 bits per heavy atom. The van der Waals surface area contributed by atoms with Gasteiger partial charge in [0.1, 0.15) is 0 Å². The van der Waals surface area contributed by atoms with Crippen molar-refractivity contribution in [2.24, 2.45) is 18.7 Å². The summed E-state index contributed by atoms with van der Waals surface area (Å²) in [6.07, 6.45) is 6.94. The maximum atomic E-state index is 11.2. The molecule has 1 aliphatic rings. The van der Waals surface area contributed by atoms with Gasteiger partial charge in [-0.3, -0.25) is 9.48 Å². The van der Waals surface area contributed by atoms with Crippen LogP contribution in [0.15, 0.2) is 12.4 Å². The van der Waals surface area contributed by atoms with Gasteiger partial charge in [-0.05, 0) is 32.1 Å². The molecule has 0 amide bonds. The summed E-state index contributed by atoms with van der Waals surface area (Å²) in [4.78, 5) is 20.3. The average molecular weight is 359 g/mol. The Morgan fingerprint density at radius 2 is 2.23 bits per heavy atom. The first-order valence-corrected chi connectivity index (χ1v) is 9.00. The number of nitrogens with zero attached hydrogens (tertiary/aromatic N) is 4. The van der Waals surface area contributed by atoms with E-state index >= 15 is 0 Å². The summed E-state index contributed by atoms with van der Waals surface area (Å²) in [6.45, 7) is 2.36. The fourth-order valence-electron chi connectivity index (χ4n) is 3.44. The standard InChI is InChI=1S/C18H25N5O3/c1-3-14-16(26-12-6-4-5-11(7-12)18(24)25)10-20-17(22-14)13-9-21-23(2)15(13)8-19/h9-12H,3-8,19H2,1-2H3,(H,24,25)/t11-,12-/m0/s1. The second kappa shape index (κ2) is 7.82. The van der Waals surface area contributed by atoms with Crippen LogP contribution in [0.1, 0.15) is 44.0 Å². The minimum Gasteiger partial charge on any atom is -0.487 e. The summed E-state index contributed by atoms with van der Waals surface area (Å²) in [6, 6.07) is 0. The van der Waals surface area contributed by atoms with Crippen molar-refractivity contribution in [3.05, 3.63) is 23.8 Å². The first-order chi connectivity index (χ1) is 12.5. The lowest BCUT2D eigenvalue weighted by Crippen LogP contribution is -2.29. The molecule has 0 saturated heterocycles. The molecule has 26 heavy (non-hydrogen) atoms. The van der Waals surface area contributed by atoms with Crippen LogP contribution in [0, 0.1) is 5.92 Å². The second-order valence-corrected chi connectivity index (χ2v) is 6.63. The highest BCUT2D eigenvalue weighted by Crippen LogP contribution is 2.30. The molecule has 2 aromatic heterocycles. The topological polar surface area (TPSA) is 116 Å². The number of hydrogen-bond donors (Lipinski definition) is 2. The van der Waals surface area contributed by atoms with Crippen LogP contribution >= 0.6 is 0 Å². The first-order valence-electron chi connectivity index (χ1n) is 9.00. The lowest BCUT2D eigenvalue weighted by Gasteiger charge is -2.27. The molecule has 0 spiro atoms. The van der Waals surface area contributed by atoms with Gasteiger partial charge in [-0.2, -0.15) is 5.10 Å². The summed E-state index contributed by atoms with van der Waals surface area (Å²) in [5, 5.41) is 13.5. The van der Waals surface area contributed by atoms with E-state index in [1.807, 2.05) is 14.0 Å². The van der Waals surface area contributed by atoms with E-state index in [-0.39, 0.29) is 12.0 Å². The van der Waals surface area contributed by atoms with Gasteiger partial charge in [0.25, 0.3) is 0 Å². The Kier molecular flexibility index (Phi) is 5.51. The number of rotatable bonds is 6. The van der Waals surface area contributed by atoms with Crippen LogP contribution in [-0.2, 0) is 24.8 Å². The zero-order chi connectivity index (χ0) is 18.7. The summed E-state index contributed by atoms with van der Waals surface area (Å²) < 4.78 is 7.80. The van der Waals surface area contributed by atoms with Crippen LogP contribution in [0.25, 0.3) is 11.4 Å². The highest BCUT2D eigenvalue weighted by molar-refractivity contribution is 5.70. The minimum absolute atomic E-state index is 0.109. The molecule has 2 heterocycles. The number of aryl methyl sites for hydroxylation is 2. The predicted octanol–water partition coefficient (Wildman–Crippen LogP) is 1.92. The fraction of sp³-hybridized carbons (Fsp3) is 0.556. The zero-order valence-corrected chi connectivity index (χ0v) is 15.2. The van der Waals surface area contributed by atoms with Gasteiger partial charge in [-0.25, -0.2) is 9.97 Å². The zero-order valence-electron chi connectivity index (χ0n) is 15.2. The largest absolute Gasteiger partial charge is 0.487 e. The van der Waals surface area contributed by atoms with Crippen molar-refractivity contribution < 1.29 is 14.6 Å². The molecule has 0 aliphatic heterocycles. The van der Waals surface area contributed by atoms with Gasteiger partial charge in [-0.1, -0.05) is 6.92 Å². The highest BCUT2D eigenvalue weighted by atomic mass is 16.5. The molecule has 2 atom stereocenters. The number of ether oxygens (including phenoxy) is 1. The summed E-state index contributed by atoms with van der Waals surface area (Å²) in [5.41, 5.74) is 8.30. The van der Waals surface area contributed by atoms with Crippen LogP contribution in [0.5, 0.6) is 5.75 Å². The number of aliphatic carboxylic acids is 1. The Morgan fingerprint density at radius 1 is 1.42 bits per heavy atom. The smallest absolute Gasteiger partial charge is 0.306 e. The van der Waals surface area contributed by atoms with E-state index in [2.05, 4.69) is 15.1 Å². The predicted molar refractivity (Wildman–Crippen MR) is 95.5 cm³/mol. The van der Waals surface area contributed by atoms with E-state index in [0.717, 1.165) is 29.8 Å². The normalized spacial score (nSPS) is 20.1. The molecule has 1 saturated carbocycles. The van der Waals surface area contributed by atoms with E-state index in [1.54, 1.807) is 17.1 Å². The van der Waals surface area contributed by atoms with Crippen LogP contribution in [0.2, 0.25) is 0 Å². The molecule has 8 heteroatoms. The number of aromatic nitrogens is 4. The van der Waals surface area contributed by atoms with Crippen LogP contribution in [0.4, 0.5) is 0 Å². The molecule has 1 aliphatic carbocycles. The van der Waals surface area contributed by atoms with Gasteiger partial charge in [0, 0.05) is 13.6 Å². The molecule has 0 unspecified atom stereocenters. The summed E-state index contributed by atoms with van der Waals surface area (Å²) >= 11 is 0. The van der Waals surface area contributed by atoms with Crippen molar-refractivity contribution in [2.45, 2.75) is 51.7 Å². The van der Waals surface area contributed by atoms with Gasteiger partial charge < -0.3 is 15.6 Å². The molecule has 3 rings (SSSR count). The van der Waals surface area contributed by atoms with Crippen LogP contribution in [-0.4, -0.2) is 36.9 Å². The van der Waals surface area contributed by atoms with Gasteiger partial charge in [0.05, 0.1) is 41.4 Å². The lowest BCUT2D eigenvalue weighted by atomic mass is 9.87. The van der Waals surface area contributed by atoms with Crippen molar-refractivity contribution in [3.8, 4) is 17.1 Å². The molecular formula is C18H25N5O3. The third kappa shape index (κ3) is 3.70. The number of carboxylic acids is 1.